The summed E-state index contributed by atoms with van der Waals surface area (Å²) in [5.41, 5.74) is 1.75. The molecule has 1 N–H and O–H groups in total. The third kappa shape index (κ3) is 3.11. The molecule has 1 aromatic heterocycles. The lowest BCUT2D eigenvalue weighted by atomic mass is 10.2. The highest BCUT2D eigenvalue weighted by Gasteiger charge is 2.03. The van der Waals surface area contributed by atoms with E-state index in [4.69, 9.17) is 9.84 Å². The minimum absolute atomic E-state index is 0.0270. The van der Waals surface area contributed by atoms with Gasteiger partial charge in [0.1, 0.15) is 12.4 Å². The Morgan fingerprint density at radius 1 is 1.33 bits per heavy atom. The Balaban J connectivity index is 1.97. The van der Waals surface area contributed by atoms with E-state index in [0.717, 1.165) is 17.0 Å². The van der Waals surface area contributed by atoms with Gasteiger partial charge in [0.15, 0.2) is 0 Å². The first-order valence-electron chi connectivity index (χ1n) is 6.05. The molecule has 0 amide bonds. The fourth-order valence-corrected chi connectivity index (χ4v) is 1.63. The molecule has 0 aliphatic heterocycles. The third-order valence-electron chi connectivity index (χ3n) is 2.66. The SMILES string of the molecule is CC(C)n1ccc(COc2cccc(CO)c2)n1. The number of aliphatic hydroxyl groups is 1. The Morgan fingerprint density at radius 2 is 2.17 bits per heavy atom. The molecule has 18 heavy (non-hydrogen) atoms. The van der Waals surface area contributed by atoms with Gasteiger partial charge in [-0.15, -0.1) is 0 Å². The summed E-state index contributed by atoms with van der Waals surface area (Å²) in [5.74, 6) is 0.751. The number of nitrogens with zero attached hydrogens (tertiary/aromatic N) is 2. The van der Waals surface area contributed by atoms with Crippen molar-refractivity contribution < 1.29 is 9.84 Å². The van der Waals surface area contributed by atoms with Gasteiger partial charge in [-0.05, 0) is 37.6 Å². The summed E-state index contributed by atoms with van der Waals surface area (Å²) < 4.78 is 7.55. The summed E-state index contributed by atoms with van der Waals surface area (Å²) in [6.45, 7) is 4.64. The molecule has 4 heteroatoms. The van der Waals surface area contributed by atoms with Crippen molar-refractivity contribution in [2.75, 3.05) is 0 Å². The lowest BCUT2D eigenvalue weighted by Crippen LogP contribution is -2.03. The van der Waals surface area contributed by atoms with Gasteiger partial charge in [0.2, 0.25) is 0 Å². The first-order chi connectivity index (χ1) is 8.69. The normalized spacial score (nSPS) is 10.9. The highest BCUT2D eigenvalue weighted by Crippen LogP contribution is 2.15. The molecule has 0 radical (unpaired) electrons. The Bertz CT molecular complexity index is 506. The second kappa shape index (κ2) is 5.69. The highest BCUT2D eigenvalue weighted by atomic mass is 16.5. The van der Waals surface area contributed by atoms with Crippen molar-refractivity contribution >= 4 is 0 Å². The fourth-order valence-electron chi connectivity index (χ4n) is 1.63. The van der Waals surface area contributed by atoms with E-state index in [1.807, 2.05) is 41.2 Å². The molecule has 0 unspecified atom stereocenters. The number of aliphatic hydroxyl groups excluding tert-OH is 1. The monoisotopic (exact) mass is 246 g/mol. The number of hydrogen-bond donors (Lipinski definition) is 1. The molecule has 0 saturated carbocycles. The Morgan fingerprint density at radius 3 is 2.83 bits per heavy atom. The van der Waals surface area contributed by atoms with Gasteiger partial charge >= 0.3 is 0 Å². The second-order valence-electron chi connectivity index (χ2n) is 4.48. The predicted octanol–water partition coefficient (Wildman–Crippen LogP) is 2.54. The molecule has 0 aliphatic carbocycles. The highest BCUT2D eigenvalue weighted by molar-refractivity contribution is 5.28. The van der Waals surface area contributed by atoms with Crippen LogP contribution < -0.4 is 4.74 Å². The van der Waals surface area contributed by atoms with Crippen LogP contribution in [0, 0.1) is 0 Å². The van der Waals surface area contributed by atoms with Crippen molar-refractivity contribution in [1.82, 2.24) is 9.78 Å². The zero-order valence-electron chi connectivity index (χ0n) is 10.7. The maximum Gasteiger partial charge on any atom is 0.132 e. The van der Waals surface area contributed by atoms with Crippen LogP contribution in [0.25, 0.3) is 0 Å². The van der Waals surface area contributed by atoms with Crippen molar-refractivity contribution in [1.29, 1.82) is 0 Å². The van der Waals surface area contributed by atoms with Gasteiger partial charge in [0.25, 0.3) is 0 Å². The number of ether oxygens (including phenoxy) is 1. The van der Waals surface area contributed by atoms with Gasteiger partial charge in [0.05, 0.1) is 12.3 Å². The molecular formula is C14H18N2O2. The largest absolute Gasteiger partial charge is 0.487 e. The third-order valence-corrected chi connectivity index (χ3v) is 2.66. The molecule has 0 atom stereocenters. The van der Waals surface area contributed by atoms with Gasteiger partial charge in [-0.3, -0.25) is 4.68 Å². The fraction of sp³-hybridized carbons (Fsp3) is 0.357. The molecule has 0 spiro atoms. The van der Waals surface area contributed by atoms with E-state index >= 15 is 0 Å². The van der Waals surface area contributed by atoms with E-state index in [0.29, 0.717) is 12.6 Å². The summed E-state index contributed by atoms with van der Waals surface area (Å²) in [6.07, 6.45) is 1.95. The van der Waals surface area contributed by atoms with Gasteiger partial charge in [0, 0.05) is 12.2 Å². The maximum absolute atomic E-state index is 9.04. The van der Waals surface area contributed by atoms with Crippen LogP contribution in [0.5, 0.6) is 5.75 Å². The summed E-state index contributed by atoms with van der Waals surface area (Å²) in [7, 11) is 0. The summed E-state index contributed by atoms with van der Waals surface area (Å²) in [5, 5.41) is 13.5. The smallest absolute Gasteiger partial charge is 0.132 e. The van der Waals surface area contributed by atoms with E-state index in [-0.39, 0.29) is 6.61 Å². The van der Waals surface area contributed by atoms with Crippen LogP contribution in [0.4, 0.5) is 0 Å². The molecule has 4 nitrogen and oxygen atoms in total. The molecule has 1 heterocycles. The van der Waals surface area contributed by atoms with Crippen molar-refractivity contribution in [3.8, 4) is 5.75 Å². The summed E-state index contributed by atoms with van der Waals surface area (Å²) >= 11 is 0. The van der Waals surface area contributed by atoms with Gasteiger partial charge in [-0.2, -0.15) is 5.10 Å². The van der Waals surface area contributed by atoms with E-state index in [1.54, 1.807) is 0 Å². The molecule has 2 rings (SSSR count). The van der Waals surface area contributed by atoms with Crippen LogP contribution in [0.1, 0.15) is 31.1 Å². The van der Waals surface area contributed by atoms with Crippen LogP contribution in [-0.4, -0.2) is 14.9 Å². The quantitative estimate of drug-likeness (QED) is 0.882. The Kier molecular flexibility index (Phi) is 3.99. The molecule has 0 aliphatic rings. The number of aromatic nitrogens is 2. The van der Waals surface area contributed by atoms with Gasteiger partial charge in [-0.1, -0.05) is 12.1 Å². The Hall–Kier alpha value is -1.81. The molecule has 96 valence electrons. The Labute approximate surface area is 107 Å². The van der Waals surface area contributed by atoms with Crippen molar-refractivity contribution in [2.24, 2.45) is 0 Å². The van der Waals surface area contributed by atoms with Gasteiger partial charge < -0.3 is 9.84 Å². The molecule has 0 bridgehead atoms. The number of hydrogen-bond acceptors (Lipinski definition) is 3. The second-order valence-corrected chi connectivity index (χ2v) is 4.48. The molecule has 1 aromatic carbocycles. The van der Waals surface area contributed by atoms with Crippen LogP contribution >= 0.6 is 0 Å². The van der Waals surface area contributed by atoms with Crippen LogP contribution in [-0.2, 0) is 13.2 Å². The molecule has 0 fully saturated rings. The van der Waals surface area contributed by atoms with Crippen LogP contribution in [0.3, 0.4) is 0 Å². The molecule has 0 saturated heterocycles. The predicted molar refractivity (Wildman–Crippen MR) is 69.3 cm³/mol. The first kappa shape index (κ1) is 12.6. The van der Waals surface area contributed by atoms with Crippen LogP contribution in [0.2, 0.25) is 0 Å². The zero-order chi connectivity index (χ0) is 13.0. The van der Waals surface area contributed by atoms with E-state index < -0.39 is 0 Å². The lowest BCUT2D eigenvalue weighted by Gasteiger charge is -2.06. The molecule has 2 aromatic rings. The van der Waals surface area contributed by atoms with Crippen LogP contribution in [0.15, 0.2) is 36.5 Å². The van der Waals surface area contributed by atoms with Crippen molar-refractivity contribution in [3.63, 3.8) is 0 Å². The minimum atomic E-state index is 0.0270. The standard InChI is InChI=1S/C14H18N2O2/c1-11(2)16-7-6-13(15-16)10-18-14-5-3-4-12(8-14)9-17/h3-8,11,17H,9-10H2,1-2H3. The van der Waals surface area contributed by atoms with Crippen molar-refractivity contribution in [3.05, 3.63) is 47.8 Å². The minimum Gasteiger partial charge on any atom is -0.487 e. The number of benzene rings is 1. The summed E-state index contributed by atoms with van der Waals surface area (Å²) in [6, 6.07) is 9.75. The topological polar surface area (TPSA) is 47.3 Å². The average Bonchev–Trinajstić information content (AvgIpc) is 2.85. The average molecular weight is 246 g/mol. The number of rotatable bonds is 5. The van der Waals surface area contributed by atoms with E-state index in [1.165, 1.54) is 0 Å². The van der Waals surface area contributed by atoms with Crippen molar-refractivity contribution in [2.45, 2.75) is 33.1 Å². The zero-order valence-corrected chi connectivity index (χ0v) is 10.7. The summed E-state index contributed by atoms with van der Waals surface area (Å²) in [4.78, 5) is 0. The maximum atomic E-state index is 9.04. The first-order valence-corrected chi connectivity index (χ1v) is 6.05. The van der Waals surface area contributed by atoms with E-state index in [2.05, 4.69) is 18.9 Å². The van der Waals surface area contributed by atoms with E-state index in [9.17, 15) is 0 Å². The van der Waals surface area contributed by atoms with Gasteiger partial charge in [-0.25, -0.2) is 0 Å². The molecular weight excluding hydrogens is 228 g/mol. The lowest BCUT2D eigenvalue weighted by molar-refractivity contribution is 0.277.